The van der Waals surface area contributed by atoms with Gasteiger partial charge in [0.05, 0.1) is 20.5 Å². The molecule has 1 saturated heterocycles. The number of rotatable bonds is 5. The molecule has 0 saturated carbocycles. The van der Waals surface area contributed by atoms with E-state index in [4.69, 9.17) is 16.6 Å². The minimum atomic E-state index is -0.458. The number of carbonyl (C=O) groups excluding carboxylic acids is 1. The molecular weight excluding hydrogens is 532 g/mol. The van der Waals surface area contributed by atoms with Crippen LogP contribution in [0.25, 0.3) is 21.7 Å². The number of urea groups is 1. The Balaban J connectivity index is 1.34. The smallest absolute Gasteiger partial charge is 0.322 e. The van der Waals surface area contributed by atoms with Gasteiger partial charge < -0.3 is 10.2 Å². The maximum Gasteiger partial charge on any atom is 0.322 e. The number of aromatic nitrogens is 1. The molecule has 39 heavy (non-hydrogen) atoms. The fraction of sp³-hybridized carbons (Fsp3) is 0.267. The minimum Gasteiger partial charge on any atom is -0.324 e. The number of hydrogen-bond acceptors (Lipinski definition) is 5. The van der Waals surface area contributed by atoms with Gasteiger partial charge in [-0.15, -0.1) is 11.3 Å². The summed E-state index contributed by atoms with van der Waals surface area (Å²) in [5, 5.41) is 16.0. The molecule has 4 aromatic rings. The number of amides is 2. The van der Waals surface area contributed by atoms with Crippen LogP contribution in [-0.2, 0) is 0 Å². The van der Waals surface area contributed by atoms with Gasteiger partial charge in [-0.05, 0) is 68.5 Å². The molecule has 0 unspecified atom stereocenters. The zero-order chi connectivity index (χ0) is 27.7. The topological polar surface area (TPSA) is 88.4 Å². The standard InChI is InChI=1S/C30H29ClN4O3S/c1-18-4-6-22(7-5-18)28-27(21-8-10-24(31)11-9-21)33-29(39-28)23-12-14-34(15-13-23)30(36)32-25-16-19(2)20(3)17-26(25)35(37)38/h4-11,16-17,23H,12-15H2,1-3H3,(H,32,36). The number of halogens is 1. The summed E-state index contributed by atoms with van der Waals surface area (Å²) >= 11 is 7.85. The Kier molecular flexibility index (Phi) is 7.68. The van der Waals surface area contributed by atoms with Crippen LogP contribution in [-0.4, -0.2) is 33.9 Å². The monoisotopic (exact) mass is 560 g/mol. The molecule has 7 nitrogen and oxygen atoms in total. The summed E-state index contributed by atoms with van der Waals surface area (Å²) in [6, 6.07) is 19.1. The van der Waals surface area contributed by atoms with Gasteiger partial charge in [0.15, 0.2) is 0 Å². The maximum atomic E-state index is 13.0. The van der Waals surface area contributed by atoms with Crippen LogP contribution in [0.2, 0.25) is 5.02 Å². The third-order valence-electron chi connectivity index (χ3n) is 7.26. The van der Waals surface area contributed by atoms with E-state index in [1.54, 1.807) is 22.3 Å². The summed E-state index contributed by atoms with van der Waals surface area (Å²) in [4.78, 5) is 32.1. The molecule has 200 valence electrons. The number of likely N-dealkylation sites (tertiary alicyclic amines) is 1. The summed E-state index contributed by atoms with van der Waals surface area (Å²) in [6.45, 7) is 6.86. The molecule has 0 bridgehead atoms. The van der Waals surface area contributed by atoms with Crippen LogP contribution in [0.1, 0.15) is 40.5 Å². The maximum absolute atomic E-state index is 13.0. The van der Waals surface area contributed by atoms with E-state index in [0.717, 1.165) is 50.7 Å². The van der Waals surface area contributed by atoms with Crippen molar-refractivity contribution >= 4 is 40.3 Å². The Bertz CT molecular complexity index is 1460. The zero-order valence-electron chi connectivity index (χ0n) is 22.0. The molecule has 1 N–H and O–H groups in total. The van der Waals surface area contributed by atoms with Gasteiger partial charge in [-0.2, -0.15) is 0 Å². The largest absolute Gasteiger partial charge is 0.324 e. The molecule has 1 aliphatic heterocycles. The number of nitro benzene ring substituents is 1. The van der Waals surface area contributed by atoms with Crippen molar-refractivity contribution < 1.29 is 9.72 Å². The SMILES string of the molecule is Cc1ccc(-c2sc(C3CCN(C(=O)Nc4cc(C)c(C)cc4[N+](=O)[O-])CC3)nc2-c2ccc(Cl)cc2)cc1. The molecular formula is C30H29ClN4O3S. The molecule has 2 heterocycles. The molecule has 0 spiro atoms. The van der Waals surface area contributed by atoms with Crippen LogP contribution in [0.5, 0.6) is 0 Å². The normalized spacial score (nSPS) is 13.9. The molecule has 1 aliphatic rings. The highest BCUT2D eigenvalue weighted by molar-refractivity contribution is 7.15. The Morgan fingerprint density at radius 3 is 2.26 bits per heavy atom. The molecule has 0 aliphatic carbocycles. The van der Waals surface area contributed by atoms with E-state index in [2.05, 4.69) is 36.5 Å². The van der Waals surface area contributed by atoms with Crippen molar-refractivity contribution in [2.45, 2.75) is 39.5 Å². The Hall–Kier alpha value is -3.75. The van der Waals surface area contributed by atoms with Crippen molar-refractivity contribution in [1.82, 2.24) is 9.88 Å². The van der Waals surface area contributed by atoms with Gasteiger partial charge in [-0.3, -0.25) is 10.1 Å². The summed E-state index contributed by atoms with van der Waals surface area (Å²) in [5.74, 6) is 0.222. The number of aryl methyl sites for hydroxylation is 3. The summed E-state index contributed by atoms with van der Waals surface area (Å²) in [7, 11) is 0. The number of nitrogens with zero attached hydrogens (tertiary/aromatic N) is 3. The first-order valence-electron chi connectivity index (χ1n) is 12.8. The van der Waals surface area contributed by atoms with Crippen molar-refractivity contribution in [1.29, 1.82) is 0 Å². The molecule has 2 amide bonds. The van der Waals surface area contributed by atoms with Gasteiger partial charge in [0.1, 0.15) is 5.69 Å². The lowest BCUT2D eigenvalue weighted by molar-refractivity contribution is -0.384. The fourth-order valence-corrected chi connectivity index (χ4v) is 6.18. The highest BCUT2D eigenvalue weighted by atomic mass is 35.5. The highest BCUT2D eigenvalue weighted by Gasteiger charge is 2.29. The lowest BCUT2D eigenvalue weighted by Crippen LogP contribution is -2.40. The van der Waals surface area contributed by atoms with Crippen LogP contribution in [0, 0.1) is 30.9 Å². The van der Waals surface area contributed by atoms with Crippen LogP contribution in [0.4, 0.5) is 16.2 Å². The molecule has 0 atom stereocenters. The molecule has 1 aromatic heterocycles. The number of hydrogen-bond donors (Lipinski definition) is 1. The van der Waals surface area contributed by atoms with Gasteiger partial charge >= 0.3 is 6.03 Å². The van der Waals surface area contributed by atoms with Crippen LogP contribution in [0.15, 0.2) is 60.7 Å². The number of anilines is 1. The van der Waals surface area contributed by atoms with Crippen LogP contribution < -0.4 is 5.32 Å². The number of nitrogens with one attached hydrogen (secondary N) is 1. The third kappa shape index (κ3) is 5.82. The predicted molar refractivity (Wildman–Crippen MR) is 158 cm³/mol. The van der Waals surface area contributed by atoms with Gasteiger partial charge in [0.2, 0.25) is 0 Å². The number of thiazole rings is 1. The van der Waals surface area contributed by atoms with E-state index in [9.17, 15) is 14.9 Å². The Labute approximate surface area is 236 Å². The lowest BCUT2D eigenvalue weighted by atomic mass is 9.97. The second-order valence-corrected chi connectivity index (χ2v) is 11.5. The number of nitro groups is 1. The minimum absolute atomic E-state index is 0.0949. The zero-order valence-corrected chi connectivity index (χ0v) is 23.6. The first-order chi connectivity index (χ1) is 18.7. The third-order valence-corrected chi connectivity index (χ3v) is 8.78. The predicted octanol–water partition coefficient (Wildman–Crippen LogP) is 8.38. The average Bonchev–Trinajstić information content (AvgIpc) is 3.37. The van der Waals surface area contributed by atoms with Crippen molar-refractivity contribution in [3.8, 4) is 21.7 Å². The second kappa shape index (κ2) is 11.2. The van der Waals surface area contributed by atoms with E-state index >= 15 is 0 Å². The van der Waals surface area contributed by atoms with E-state index in [1.807, 2.05) is 38.1 Å². The second-order valence-electron chi connectivity index (χ2n) is 10.0. The summed E-state index contributed by atoms with van der Waals surface area (Å²) < 4.78 is 0. The Morgan fingerprint density at radius 1 is 1.00 bits per heavy atom. The fourth-order valence-electron chi connectivity index (χ4n) is 4.79. The summed E-state index contributed by atoms with van der Waals surface area (Å²) in [6.07, 6.45) is 1.53. The average molecular weight is 561 g/mol. The van der Waals surface area contributed by atoms with Gasteiger partial charge in [0.25, 0.3) is 5.69 Å². The van der Waals surface area contributed by atoms with E-state index in [-0.39, 0.29) is 23.3 Å². The van der Waals surface area contributed by atoms with Crippen LogP contribution >= 0.6 is 22.9 Å². The van der Waals surface area contributed by atoms with Crippen molar-refractivity contribution in [2.24, 2.45) is 0 Å². The van der Waals surface area contributed by atoms with E-state index in [1.165, 1.54) is 11.6 Å². The lowest BCUT2D eigenvalue weighted by Gasteiger charge is -2.31. The first-order valence-corrected chi connectivity index (χ1v) is 14.0. The number of piperidine rings is 1. The number of carbonyl (C=O) groups is 1. The highest BCUT2D eigenvalue weighted by Crippen LogP contribution is 2.42. The molecule has 9 heteroatoms. The molecule has 0 radical (unpaired) electrons. The molecule has 1 fully saturated rings. The van der Waals surface area contributed by atoms with Gasteiger partial charge in [-0.25, -0.2) is 9.78 Å². The van der Waals surface area contributed by atoms with Crippen molar-refractivity contribution in [3.63, 3.8) is 0 Å². The van der Waals surface area contributed by atoms with Gasteiger partial charge in [-0.1, -0.05) is 53.6 Å². The Morgan fingerprint density at radius 2 is 1.62 bits per heavy atom. The van der Waals surface area contributed by atoms with Crippen LogP contribution in [0.3, 0.4) is 0 Å². The van der Waals surface area contributed by atoms with E-state index in [0.29, 0.717) is 18.1 Å². The quantitative estimate of drug-likeness (QED) is 0.196. The number of benzene rings is 3. The van der Waals surface area contributed by atoms with E-state index < -0.39 is 4.92 Å². The molecule has 3 aromatic carbocycles. The van der Waals surface area contributed by atoms with Crippen molar-refractivity contribution in [2.75, 3.05) is 18.4 Å². The van der Waals surface area contributed by atoms with Gasteiger partial charge in [0, 0.05) is 35.7 Å². The first kappa shape index (κ1) is 26.8. The molecule has 5 rings (SSSR count). The van der Waals surface area contributed by atoms with Crippen molar-refractivity contribution in [3.05, 3.63) is 97.5 Å². The summed E-state index contributed by atoms with van der Waals surface area (Å²) in [5.41, 5.74) is 6.12.